The molecule has 0 fully saturated rings. The van der Waals surface area contributed by atoms with E-state index in [-0.39, 0.29) is 24.0 Å². The molecule has 0 unspecified atom stereocenters. The van der Waals surface area contributed by atoms with Crippen LogP contribution in [0.3, 0.4) is 0 Å². The summed E-state index contributed by atoms with van der Waals surface area (Å²) in [5.74, 6) is 0.333. The molecule has 8 nitrogen and oxygen atoms in total. The van der Waals surface area contributed by atoms with Gasteiger partial charge >= 0.3 is 5.69 Å². The Kier molecular flexibility index (Phi) is 6.28. The molecule has 1 aromatic carbocycles. The summed E-state index contributed by atoms with van der Waals surface area (Å²) < 4.78 is 2.89. The van der Waals surface area contributed by atoms with E-state index in [1.807, 2.05) is 13.8 Å². The summed E-state index contributed by atoms with van der Waals surface area (Å²) in [4.78, 5) is 39.1. The van der Waals surface area contributed by atoms with Gasteiger partial charge in [-0.25, -0.2) is 9.48 Å². The molecule has 1 aliphatic rings. The van der Waals surface area contributed by atoms with Crippen LogP contribution in [0, 0.1) is 0 Å². The van der Waals surface area contributed by atoms with Gasteiger partial charge < -0.3 is 10.2 Å². The van der Waals surface area contributed by atoms with Crippen LogP contribution in [0.4, 0.5) is 5.69 Å². The molecule has 0 saturated carbocycles. The fourth-order valence-corrected chi connectivity index (χ4v) is 3.49. The number of hydrogen-bond acceptors (Lipinski definition) is 4. The van der Waals surface area contributed by atoms with Gasteiger partial charge in [0.1, 0.15) is 12.4 Å². The maximum atomic E-state index is 12.5. The Labute approximate surface area is 164 Å². The average Bonchev–Trinajstić information content (AvgIpc) is 2.85. The Morgan fingerprint density at radius 1 is 1.18 bits per heavy atom. The van der Waals surface area contributed by atoms with Crippen LogP contribution in [0.25, 0.3) is 0 Å². The Morgan fingerprint density at radius 3 is 2.71 bits per heavy atom. The first kappa shape index (κ1) is 19.9. The highest BCUT2D eigenvalue weighted by molar-refractivity contribution is 5.97. The van der Waals surface area contributed by atoms with Crippen molar-refractivity contribution in [3.63, 3.8) is 0 Å². The molecular formula is C20H27N5O3. The Hall–Kier alpha value is -2.90. The lowest BCUT2D eigenvalue weighted by atomic mass is 10.1. The molecule has 0 atom stereocenters. The van der Waals surface area contributed by atoms with Gasteiger partial charge in [-0.2, -0.15) is 5.10 Å². The number of fused-ring (bicyclic) bond motifs is 1. The topological polar surface area (TPSA) is 89.2 Å². The summed E-state index contributed by atoms with van der Waals surface area (Å²) in [7, 11) is 0. The van der Waals surface area contributed by atoms with Crippen molar-refractivity contribution in [3.8, 4) is 0 Å². The molecule has 8 heteroatoms. The van der Waals surface area contributed by atoms with Gasteiger partial charge in [0.2, 0.25) is 5.91 Å². The minimum Gasteiger partial charge on any atom is -0.339 e. The number of nitrogens with zero attached hydrogens (tertiary/aromatic N) is 4. The van der Waals surface area contributed by atoms with E-state index in [0.29, 0.717) is 30.9 Å². The molecule has 2 heterocycles. The molecule has 3 rings (SSSR count). The van der Waals surface area contributed by atoms with Crippen LogP contribution in [0.2, 0.25) is 0 Å². The number of anilines is 1. The second-order valence-corrected chi connectivity index (χ2v) is 6.93. The SMILES string of the molecule is CCN(CC)C(=O)c1cccc(NC(=O)Cn2nc3n(c2=O)CCCCC3)c1. The molecule has 28 heavy (non-hydrogen) atoms. The first-order valence-electron chi connectivity index (χ1n) is 9.89. The predicted octanol–water partition coefficient (Wildman–Crippen LogP) is 1.89. The highest BCUT2D eigenvalue weighted by atomic mass is 16.2. The highest BCUT2D eigenvalue weighted by Crippen LogP contribution is 2.14. The quantitative estimate of drug-likeness (QED) is 0.822. The Morgan fingerprint density at radius 2 is 1.96 bits per heavy atom. The van der Waals surface area contributed by atoms with Gasteiger partial charge in [0.05, 0.1) is 0 Å². The maximum Gasteiger partial charge on any atom is 0.346 e. The second kappa shape index (κ2) is 8.86. The number of carbonyl (C=O) groups excluding carboxylic acids is 2. The van der Waals surface area contributed by atoms with Gasteiger partial charge in [-0.1, -0.05) is 12.5 Å². The lowest BCUT2D eigenvalue weighted by molar-refractivity contribution is -0.117. The molecule has 0 spiro atoms. The van der Waals surface area contributed by atoms with Crippen LogP contribution in [-0.4, -0.2) is 44.2 Å². The first-order valence-corrected chi connectivity index (χ1v) is 9.89. The van der Waals surface area contributed by atoms with Crippen LogP contribution >= 0.6 is 0 Å². The monoisotopic (exact) mass is 385 g/mol. The van der Waals surface area contributed by atoms with Gasteiger partial charge in [-0.3, -0.25) is 14.2 Å². The minimum absolute atomic E-state index is 0.0739. The van der Waals surface area contributed by atoms with Gasteiger partial charge in [-0.15, -0.1) is 0 Å². The molecule has 0 radical (unpaired) electrons. The number of hydrogen-bond donors (Lipinski definition) is 1. The third-order valence-corrected chi connectivity index (χ3v) is 5.02. The molecule has 150 valence electrons. The number of carbonyl (C=O) groups is 2. The van der Waals surface area contributed by atoms with Gasteiger partial charge in [0, 0.05) is 37.3 Å². The molecule has 2 amide bonds. The van der Waals surface area contributed by atoms with Crippen molar-refractivity contribution in [2.75, 3.05) is 18.4 Å². The standard InChI is InChI=1S/C20H27N5O3/c1-3-23(4-2)19(27)15-9-8-10-16(13-15)21-18(26)14-25-20(28)24-12-7-5-6-11-17(24)22-25/h8-10,13H,3-7,11-12,14H2,1-2H3,(H,21,26). The third-order valence-electron chi connectivity index (χ3n) is 5.02. The van der Waals surface area contributed by atoms with E-state index in [4.69, 9.17) is 0 Å². The third kappa shape index (κ3) is 4.32. The summed E-state index contributed by atoms with van der Waals surface area (Å²) in [5, 5.41) is 7.09. The van der Waals surface area contributed by atoms with Gasteiger partial charge in [0.25, 0.3) is 5.91 Å². The number of aryl methyl sites for hydroxylation is 1. The largest absolute Gasteiger partial charge is 0.346 e. The smallest absolute Gasteiger partial charge is 0.339 e. The van der Waals surface area contributed by atoms with Crippen molar-refractivity contribution in [1.82, 2.24) is 19.2 Å². The van der Waals surface area contributed by atoms with Crippen LogP contribution in [-0.2, 0) is 24.3 Å². The van der Waals surface area contributed by atoms with E-state index in [2.05, 4.69) is 10.4 Å². The summed E-state index contributed by atoms with van der Waals surface area (Å²) in [6, 6.07) is 6.84. The summed E-state index contributed by atoms with van der Waals surface area (Å²) >= 11 is 0. The lowest BCUT2D eigenvalue weighted by Crippen LogP contribution is -2.31. The lowest BCUT2D eigenvalue weighted by Gasteiger charge is -2.19. The molecule has 2 aromatic rings. The zero-order valence-corrected chi connectivity index (χ0v) is 16.5. The average molecular weight is 385 g/mol. The zero-order chi connectivity index (χ0) is 20.1. The number of benzene rings is 1. The van der Waals surface area contributed by atoms with Crippen molar-refractivity contribution in [1.29, 1.82) is 0 Å². The van der Waals surface area contributed by atoms with Crippen LogP contribution in [0.15, 0.2) is 29.1 Å². The Bertz CT molecular complexity index is 911. The summed E-state index contributed by atoms with van der Waals surface area (Å²) in [5.41, 5.74) is 0.807. The van der Waals surface area contributed by atoms with E-state index in [1.165, 1.54) is 4.68 Å². The van der Waals surface area contributed by atoms with Gasteiger partial charge in [0.15, 0.2) is 0 Å². The van der Waals surface area contributed by atoms with E-state index in [0.717, 1.165) is 31.5 Å². The predicted molar refractivity (Wildman–Crippen MR) is 106 cm³/mol. The zero-order valence-electron chi connectivity index (χ0n) is 16.5. The molecular weight excluding hydrogens is 358 g/mol. The molecule has 1 aliphatic heterocycles. The van der Waals surface area contributed by atoms with Crippen molar-refractivity contribution < 1.29 is 9.59 Å². The van der Waals surface area contributed by atoms with E-state index in [1.54, 1.807) is 33.7 Å². The van der Waals surface area contributed by atoms with Crippen LogP contribution < -0.4 is 11.0 Å². The highest BCUT2D eigenvalue weighted by Gasteiger charge is 2.18. The minimum atomic E-state index is -0.345. The Balaban J connectivity index is 1.70. The molecule has 0 saturated heterocycles. The number of nitrogens with one attached hydrogen (secondary N) is 1. The summed E-state index contributed by atoms with van der Waals surface area (Å²) in [6.07, 6.45) is 3.82. The normalized spacial score (nSPS) is 13.5. The fourth-order valence-electron chi connectivity index (χ4n) is 3.49. The van der Waals surface area contributed by atoms with Crippen molar-refractivity contribution in [2.24, 2.45) is 0 Å². The summed E-state index contributed by atoms with van der Waals surface area (Å²) in [6.45, 7) is 5.62. The maximum absolute atomic E-state index is 12.5. The number of aromatic nitrogens is 3. The molecule has 0 aliphatic carbocycles. The van der Waals surface area contributed by atoms with Gasteiger partial charge in [-0.05, 0) is 44.9 Å². The van der Waals surface area contributed by atoms with Crippen LogP contribution in [0.1, 0.15) is 49.3 Å². The van der Waals surface area contributed by atoms with Crippen LogP contribution in [0.5, 0.6) is 0 Å². The van der Waals surface area contributed by atoms with E-state index < -0.39 is 0 Å². The van der Waals surface area contributed by atoms with Crippen molar-refractivity contribution in [2.45, 2.75) is 52.6 Å². The molecule has 1 N–H and O–H groups in total. The van der Waals surface area contributed by atoms with E-state index in [9.17, 15) is 14.4 Å². The molecule has 0 bridgehead atoms. The van der Waals surface area contributed by atoms with E-state index >= 15 is 0 Å². The number of amides is 2. The number of rotatable bonds is 6. The van der Waals surface area contributed by atoms with Crippen molar-refractivity contribution >= 4 is 17.5 Å². The second-order valence-electron chi connectivity index (χ2n) is 6.93. The molecule has 1 aromatic heterocycles. The van der Waals surface area contributed by atoms with Crippen molar-refractivity contribution in [3.05, 3.63) is 46.1 Å². The first-order chi connectivity index (χ1) is 13.5. The fraction of sp³-hybridized carbons (Fsp3) is 0.500.